The molecule has 6 heteroatoms. The van der Waals surface area contributed by atoms with Crippen LogP contribution in [-0.2, 0) is 23.1 Å². The van der Waals surface area contributed by atoms with Crippen LogP contribution in [0.15, 0.2) is 59.5 Å². The van der Waals surface area contributed by atoms with Crippen LogP contribution in [0.2, 0.25) is 0 Å². The summed E-state index contributed by atoms with van der Waals surface area (Å²) >= 11 is 0. The molecule has 2 aromatic carbocycles. The highest BCUT2D eigenvalue weighted by Crippen LogP contribution is 2.21. The zero-order chi connectivity index (χ0) is 20.0. The van der Waals surface area contributed by atoms with Crippen molar-refractivity contribution in [2.24, 2.45) is 5.92 Å². The molecule has 1 aliphatic rings. The summed E-state index contributed by atoms with van der Waals surface area (Å²) in [5.41, 5.74) is 2.15. The van der Waals surface area contributed by atoms with E-state index in [0.717, 1.165) is 43.9 Å². The fraction of sp³-hybridized carbons (Fsp3) is 0.455. The fourth-order valence-electron chi connectivity index (χ4n) is 3.49. The molecule has 0 spiro atoms. The first-order chi connectivity index (χ1) is 13.4. The SMILES string of the molecule is CC(C)CN(Cc1ccccc1)S(=O)(=O)c1ccc(CN2CCNCC2)cc1. The summed E-state index contributed by atoms with van der Waals surface area (Å²) in [6.07, 6.45) is 0. The van der Waals surface area contributed by atoms with Gasteiger partial charge in [0.15, 0.2) is 0 Å². The summed E-state index contributed by atoms with van der Waals surface area (Å²) in [5, 5.41) is 3.35. The number of hydrogen-bond donors (Lipinski definition) is 1. The van der Waals surface area contributed by atoms with Crippen LogP contribution in [0.5, 0.6) is 0 Å². The molecule has 5 nitrogen and oxygen atoms in total. The maximum absolute atomic E-state index is 13.3. The maximum atomic E-state index is 13.3. The largest absolute Gasteiger partial charge is 0.314 e. The van der Waals surface area contributed by atoms with E-state index in [1.165, 1.54) is 0 Å². The van der Waals surface area contributed by atoms with E-state index in [1.807, 2.05) is 56.3 Å². The topological polar surface area (TPSA) is 52.7 Å². The van der Waals surface area contributed by atoms with Gasteiger partial charge in [-0.15, -0.1) is 0 Å². The quantitative estimate of drug-likeness (QED) is 0.739. The van der Waals surface area contributed by atoms with E-state index in [0.29, 0.717) is 18.0 Å². The number of benzene rings is 2. The van der Waals surface area contributed by atoms with Gasteiger partial charge in [-0.1, -0.05) is 56.3 Å². The van der Waals surface area contributed by atoms with E-state index in [-0.39, 0.29) is 5.92 Å². The molecule has 152 valence electrons. The molecule has 0 radical (unpaired) electrons. The van der Waals surface area contributed by atoms with Gasteiger partial charge in [-0.05, 0) is 29.2 Å². The molecule has 0 amide bonds. The Hall–Kier alpha value is -1.73. The third kappa shape index (κ3) is 5.64. The Balaban J connectivity index is 1.75. The molecule has 0 unspecified atom stereocenters. The smallest absolute Gasteiger partial charge is 0.243 e. The molecule has 1 N–H and O–H groups in total. The summed E-state index contributed by atoms with van der Waals surface area (Å²) in [6, 6.07) is 17.2. The zero-order valence-corrected chi connectivity index (χ0v) is 17.7. The van der Waals surface area contributed by atoms with E-state index in [4.69, 9.17) is 0 Å². The Labute approximate surface area is 169 Å². The van der Waals surface area contributed by atoms with Crippen LogP contribution < -0.4 is 5.32 Å². The van der Waals surface area contributed by atoms with Gasteiger partial charge in [0.2, 0.25) is 10.0 Å². The molecule has 0 aliphatic carbocycles. The minimum Gasteiger partial charge on any atom is -0.314 e. The van der Waals surface area contributed by atoms with Crippen LogP contribution in [0.1, 0.15) is 25.0 Å². The molecule has 1 heterocycles. The molecular formula is C22H31N3O2S. The Bertz CT molecular complexity index is 830. The van der Waals surface area contributed by atoms with Crippen molar-refractivity contribution in [3.63, 3.8) is 0 Å². The van der Waals surface area contributed by atoms with Crippen LogP contribution >= 0.6 is 0 Å². The number of hydrogen-bond acceptors (Lipinski definition) is 4. The third-order valence-corrected chi connectivity index (χ3v) is 6.77. The predicted molar refractivity (Wildman–Crippen MR) is 113 cm³/mol. The van der Waals surface area contributed by atoms with Gasteiger partial charge in [0.25, 0.3) is 0 Å². The van der Waals surface area contributed by atoms with Gasteiger partial charge in [0.05, 0.1) is 4.90 Å². The number of piperazine rings is 1. The summed E-state index contributed by atoms with van der Waals surface area (Å²) in [5.74, 6) is 0.255. The number of nitrogens with zero attached hydrogens (tertiary/aromatic N) is 2. The van der Waals surface area contributed by atoms with Crippen molar-refractivity contribution in [1.82, 2.24) is 14.5 Å². The van der Waals surface area contributed by atoms with E-state index in [2.05, 4.69) is 10.2 Å². The highest BCUT2D eigenvalue weighted by Gasteiger charge is 2.25. The van der Waals surface area contributed by atoms with Crippen molar-refractivity contribution in [3.05, 3.63) is 65.7 Å². The summed E-state index contributed by atoms with van der Waals surface area (Å²) in [4.78, 5) is 2.76. The molecule has 0 atom stereocenters. The lowest BCUT2D eigenvalue weighted by Gasteiger charge is -2.27. The highest BCUT2D eigenvalue weighted by atomic mass is 32.2. The lowest BCUT2D eigenvalue weighted by atomic mass is 10.2. The zero-order valence-electron chi connectivity index (χ0n) is 16.8. The van der Waals surface area contributed by atoms with Crippen molar-refractivity contribution in [2.75, 3.05) is 32.7 Å². The van der Waals surface area contributed by atoms with Crippen molar-refractivity contribution >= 4 is 10.0 Å². The Morgan fingerprint density at radius 1 is 0.964 bits per heavy atom. The first-order valence-electron chi connectivity index (χ1n) is 10.0. The monoisotopic (exact) mass is 401 g/mol. The maximum Gasteiger partial charge on any atom is 0.243 e. The van der Waals surface area contributed by atoms with Crippen LogP contribution in [0.4, 0.5) is 0 Å². The summed E-state index contributed by atoms with van der Waals surface area (Å²) in [6.45, 7) is 9.92. The Morgan fingerprint density at radius 2 is 1.61 bits per heavy atom. The average Bonchev–Trinajstić information content (AvgIpc) is 2.69. The molecule has 0 saturated carbocycles. The molecule has 3 rings (SSSR count). The molecule has 1 fully saturated rings. The van der Waals surface area contributed by atoms with Gasteiger partial charge >= 0.3 is 0 Å². The van der Waals surface area contributed by atoms with Crippen molar-refractivity contribution in [2.45, 2.75) is 31.8 Å². The lowest BCUT2D eigenvalue weighted by molar-refractivity contribution is 0.233. The summed E-state index contributed by atoms with van der Waals surface area (Å²) < 4.78 is 28.2. The third-order valence-electron chi connectivity index (χ3n) is 4.95. The van der Waals surface area contributed by atoms with Gasteiger partial charge in [-0.2, -0.15) is 4.31 Å². The molecule has 2 aromatic rings. The fourth-order valence-corrected chi connectivity index (χ4v) is 5.08. The molecule has 1 aliphatic heterocycles. The number of nitrogens with one attached hydrogen (secondary N) is 1. The van der Waals surface area contributed by atoms with Crippen LogP contribution in [0, 0.1) is 5.92 Å². The van der Waals surface area contributed by atoms with E-state index < -0.39 is 10.0 Å². The Morgan fingerprint density at radius 3 is 2.21 bits per heavy atom. The standard InChI is InChI=1S/C22H31N3O2S/c1-19(2)16-25(18-20-6-4-3-5-7-20)28(26,27)22-10-8-21(9-11-22)17-24-14-12-23-13-15-24/h3-11,19,23H,12-18H2,1-2H3. The minimum atomic E-state index is -3.53. The minimum absolute atomic E-state index is 0.255. The second-order valence-electron chi connectivity index (χ2n) is 7.85. The first kappa shape index (κ1) is 21.0. The number of sulfonamides is 1. The van der Waals surface area contributed by atoms with Gasteiger partial charge < -0.3 is 5.32 Å². The van der Waals surface area contributed by atoms with E-state index in [1.54, 1.807) is 16.4 Å². The van der Waals surface area contributed by atoms with E-state index in [9.17, 15) is 8.42 Å². The van der Waals surface area contributed by atoms with E-state index >= 15 is 0 Å². The molecule has 0 bridgehead atoms. The van der Waals surface area contributed by atoms with Crippen LogP contribution in [0.3, 0.4) is 0 Å². The van der Waals surface area contributed by atoms with Gasteiger partial charge in [-0.3, -0.25) is 4.90 Å². The number of rotatable bonds is 8. The van der Waals surface area contributed by atoms with Gasteiger partial charge in [0.1, 0.15) is 0 Å². The molecule has 1 saturated heterocycles. The van der Waals surface area contributed by atoms with Crippen molar-refractivity contribution in [3.8, 4) is 0 Å². The molecule has 28 heavy (non-hydrogen) atoms. The first-order valence-corrected chi connectivity index (χ1v) is 11.5. The van der Waals surface area contributed by atoms with Crippen LogP contribution in [-0.4, -0.2) is 50.3 Å². The van der Waals surface area contributed by atoms with Crippen molar-refractivity contribution < 1.29 is 8.42 Å². The average molecular weight is 402 g/mol. The summed E-state index contributed by atoms with van der Waals surface area (Å²) in [7, 11) is -3.53. The second-order valence-corrected chi connectivity index (χ2v) is 9.79. The highest BCUT2D eigenvalue weighted by molar-refractivity contribution is 7.89. The lowest BCUT2D eigenvalue weighted by Crippen LogP contribution is -2.42. The van der Waals surface area contributed by atoms with Crippen LogP contribution in [0.25, 0.3) is 0 Å². The predicted octanol–water partition coefficient (Wildman–Crippen LogP) is 2.94. The van der Waals surface area contributed by atoms with Gasteiger partial charge in [0, 0.05) is 45.8 Å². The van der Waals surface area contributed by atoms with Crippen molar-refractivity contribution in [1.29, 1.82) is 0 Å². The molecule has 0 aromatic heterocycles. The second kappa shape index (κ2) is 9.65. The van der Waals surface area contributed by atoms with Gasteiger partial charge in [-0.25, -0.2) is 8.42 Å². The normalized spacial score (nSPS) is 16.0. The molecular weight excluding hydrogens is 370 g/mol. The Kier molecular flexibility index (Phi) is 7.24.